The number of aliphatic carboxylic acids is 1. The van der Waals surface area contributed by atoms with E-state index in [1.807, 2.05) is 4.90 Å². The lowest BCUT2D eigenvalue weighted by atomic mass is 10.0. The Morgan fingerprint density at radius 2 is 2.33 bits per heavy atom. The molecule has 1 fully saturated rings. The van der Waals surface area contributed by atoms with Gasteiger partial charge in [-0.3, -0.25) is 4.79 Å². The van der Waals surface area contributed by atoms with E-state index in [2.05, 4.69) is 4.98 Å². The van der Waals surface area contributed by atoms with Crippen LogP contribution < -0.4 is 4.90 Å². The minimum absolute atomic E-state index is 0.186. The van der Waals surface area contributed by atoms with Gasteiger partial charge in [-0.15, -0.1) is 0 Å². The number of rotatable bonds is 6. The Balaban J connectivity index is 2.06. The minimum Gasteiger partial charge on any atom is -0.481 e. The standard InChI is InChI=1S/C15H20N2O4/c1-2-21-15(20)12-4-3-8-16-14(12)17-9-7-11(10-17)5-6-13(18)19/h3-4,8,11H,2,5-7,9-10H2,1H3,(H,18,19). The molecular weight excluding hydrogens is 272 g/mol. The zero-order valence-corrected chi connectivity index (χ0v) is 12.1. The molecule has 1 aliphatic heterocycles. The van der Waals surface area contributed by atoms with Crippen LogP contribution in [0.15, 0.2) is 18.3 Å². The summed E-state index contributed by atoms with van der Waals surface area (Å²) in [5.41, 5.74) is 0.471. The van der Waals surface area contributed by atoms with E-state index in [1.54, 1.807) is 25.3 Å². The van der Waals surface area contributed by atoms with E-state index in [-0.39, 0.29) is 12.4 Å². The number of nitrogens with zero attached hydrogens (tertiary/aromatic N) is 2. The predicted octanol–water partition coefficient (Wildman–Crippen LogP) is 1.95. The van der Waals surface area contributed by atoms with Gasteiger partial charge in [-0.2, -0.15) is 0 Å². The number of carbonyl (C=O) groups is 2. The first kappa shape index (κ1) is 15.3. The summed E-state index contributed by atoms with van der Waals surface area (Å²) in [4.78, 5) is 28.9. The molecule has 21 heavy (non-hydrogen) atoms. The van der Waals surface area contributed by atoms with Crippen molar-refractivity contribution < 1.29 is 19.4 Å². The monoisotopic (exact) mass is 292 g/mol. The van der Waals surface area contributed by atoms with E-state index in [9.17, 15) is 9.59 Å². The van der Waals surface area contributed by atoms with E-state index in [0.717, 1.165) is 19.5 Å². The lowest BCUT2D eigenvalue weighted by Crippen LogP contribution is -2.24. The molecule has 0 bridgehead atoms. The number of carbonyl (C=O) groups excluding carboxylic acids is 1. The maximum absolute atomic E-state index is 12.0. The number of aromatic nitrogens is 1. The average molecular weight is 292 g/mol. The van der Waals surface area contributed by atoms with Crippen LogP contribution in [-0.2, 0) is 9.53 Å². The molecule has 1 atom stereocenters. The fourth-order valence-electron chi connectivity index (χ4n) is 2.61. The maximum Gasteiger partial charge on any atom is 0.341 e. The number of anilines is 1. The molecule has 0 aliphatic carbocycles. The first-order valence-electron chi connectivity index (χ1n) is 7.20. The Bertz CT molecular complexity index is 518. The Kier molecular flexibility index (Phi) is 5.14. The van der Waals surface area contributed by atoms with Gasteiger partial charge in [-0.05, 0) is 37.8 Å². The van der Waals surface area contributed by atoms with Crippen molar-refractivity contribution in [3.8, 4) is 0 Å². The SMILES string of the molecule is CCOC(=O)c1cccnc1N1CCC(CCC(=O)O)C1. The van der Waals surface area contributed by atoms with Crippen molar-refractivity contribution in [2.24, 2.45) is 5.92 Å². The molecule has 6 nitrogen and oxygen atoms in total. The van der Waals surface area contributed by atoms with Crippen LogP contribution in [0.1, 0.15) is 36.5 Å². The van der Waals surface area contributed by atoms with Gasteiger partial charge in [-0.25, -0.2) is 9.78 Å². The average Bonchev–Trinajstić information content (AvgIpc) is 2.94. The molecule has 1 aliphatic rings. The summed E-state index contributed by atoms with van der Waals surface area (Å²) in [6.45, 7) is 3.62. The van der Waals surface area contributed by atoms with Crippen molar-refractivity contribution in [2.75, 3.05) is 24.6 Å². The van der Waals surface area contributed by atoms with Crippen LogP contribution >= 0.6 is 0 Å². The van der Waals surface area contributed by atoms with E-state index in [4.69, 9.17) is 9.84 Å². The van der Waals surface area contributed by atoms with Gasteiger partial charge in [0.2, 0.25) is 0 Å². The van der Waals surface area contributed by atoms with Crippen molar-refractivity contribution in [3.05, 3.63) is 23.9 Å². The zero-order chi connectivity index (χ0) is 15.2. The number of carboxylic acid groups (broad SMARTS) is 1. The molecule has 1 aromatic rings. The zero-order valence-electron chi connectivity index (χ0n) is 12.1. The summed E-state index contributed by atoms with van der Waals surface area (Å²) < 4.78 is 5.05. The van der Waals surface area contributed by atoms with Crippen molar-refractivity contribution in [3.63, 3.8) is 0 Å². The molecule has 0 spiro atoms. The van der Waals surface area contributed by atoms with Crippen LogP contribution in [-0.4, -0.2) is 41.7 Å². The molecule has 0 saturated carbocycles. The normalized spacial score (nSPS) is 17.8. The summed E-state index contributed by atoms with van der Waals surface area (Å²) in [5.74, 6) is -0.167. The van der Waals surface area contributed by atoms with E-state index >= 15 is 0 Å². The first-order chi connectivity index (χ1) is 10.1. The van der Waals surface area contributed by atoms with E-state index < -0.39 is 5.97 Å². The van der Waals surface area contributed by atoms with Gasteiger partial charge in [0.1, 0.15) is 11.4 Å². The van der Waals surface area contributed by atoms with Crippen molar-refractivity contribution in [1.29, 1.82) is 0 Å². The van der Waals surface area contributed by atoms with Crippen molar-refractivity contribution in [2.45, 2.75) is 26.2 Å². The molecule has 2 rings (SSSR count). The van der Waals surface area contributed by atoms with Gasteiger partial charge in [0.05, 0.1) is 6.61 Å². The highest BCUT2D eigenvalue weighted by Crippen LogP contribution is 2.27. The van der Waals surface area contributed by atoms with Crippen LogP contribution in [0.2, 0.25) is 0 Å². The second-order valence-electron chi connectivity index (χ2n) is 5.13. The lowest BCUT2D eigenvalue weighted by Gasteiger charge is -2.19. The third kappa shape index (κ3) is 3.93. The topological polar surface area (TPSA) is 79.7 Å². The Morgan fingerprint density at radius 3 is 3.05 bits per heavy atom. The van der Waals surface area contributed by atoms with Gasteiger partial charge in [0, 0.05) is 25.7 Å². The highest BCUT2D eigenvalue weighted by Gasteiger charge is 2.27. The second kappa shape index (κ2) is 7.06. The summed E-state index contributed by atoms with van der Waals surface area (Å²) in [5, 5.41) is 8.75. The maximum atomic E-state index is 12.0. The van der Waals surface area contributed by atoms with E-state index in [0.29, 0.717) is 30.3 Å². The quantitative estimate of drug-likeness (QED) is 0.807. The molecule has 114 valence electrons. The van der Waals surface area contributed by atoms with Gasteiger partial charge >= 0.3 is 11.9 Å². The molecule has 0 amide bonds. The smallest absolute Gasteiger partial charge is 0.341 e. The molecule has 1 saturated heterocycles. The minimum atomic E-state index is -0.765. The lowest BCUT2D eigenvalue weighted by molar-refractivity contribution is -0.137. The van der Waals surface area contributed by atoms with Crippen molar-refractivity contribution in [1.82, 2.24) is 4.98 Å². The second-order valence-corrected chi connectivity index (χ2v) is 5.13. The first-order valence-corrected chi connectivity index (χ1v) is 7.20. The van der Waals surface area contributed by atoms with Gasteiger partial charge < -0.3 is 14.7 Å². The molecule has 0 aromatic carbocycles. The Hall–Kier alpha value is -2.11. The third-order valence-electron chi connectivity index (χ3n) is 3.63. The predicted molar refractivity (Wildman–Crippen MR) is 77.4 cm³/mol. The number of ether oxygens (including phenoxy) is 1. The molecule has 2 heterocycles. The van der Waals surface area contributed by atoms with Gasteiger partial charge in [-0.1, -0.05) is 0 Å². The highest BCUT2D eigenvalue weighted by atomic mass is 16.5. The molecule has 1 aromatic heterocycles. The highest BCUT2D eigenvalue weighted by molar-refractivity contribution is 5.94. The Labute approximate surface area is 123 Å². The molecule has 6 heteroatoms. The van der Waals surface area contributed by atoms with Crippen LogP contribution in [0.5, 0.6) is 0 Å². The van der Waals surface area contributed by atoms with E-state index in [1.165, 1.54) is 0 Å². The number of hydrogen-bond acceptors (Lipinski definition) is 5. The summed E-state index contributed by atoms with van der Waals surface area (Å²) in [6, 6.07) is 3.43. The van der Waals surface area contributed by atoms with Crippen LogP contribution in [0.4, 0.5) is 5.82 Å². The van der Waals surface area contributed by atoms with Crippen LogP contribution in [0.3, 0.4) is 0 Å². The molecule has 1 N–H and O–H groups in total. The fourth-order valence-corrected chi connectivity index (χ4v) is 2.61. The largest absolute Gasteiger partial charge is 0.481 e. The number of pyridine rings is 1. The van der Waals surface area contributed by atoms with Gasteiger partial charge in [0.15, 0.2) is 0 Å². The van der Waals surface area contributed by atoms with Crippen LogP contribution in [0.25, 0.3) is 0 Å². The van der Waals surface area contributed by atoms with Gasteiger partial charge in [0.25, 0.3) is 0 Å². The fraction of sp³-hybridized carbons (Fsp3) is 0.533. The molecule has 1 unspecified atom stereocenters. The summed E-state index contributed by atoms with van der Waals surface area (Å²) >= 11 is 0. The number of esters is 1. The summed E-state index contributed by atoms with van der Waals surface area (Å²) in [7, 11) is 0. The Morgan fingerprint density at radius 1 is 1.52 bits per heavy atom. The van der Waals surface area contributed by atoms with Crippen LogP contribution in [0, 0.1) is 5.92 Å². The number of carboxylic acids is 1. The molecular formula is C15H20N2O4. The number of hydrogen-bond donors (Lipinski definition) is 1. The third-order valence-corrected chi connectivity index (χ3v) is 3.63. The van der Waals surface area contributed by atoms with Crippen molar-refractivity contribution >= 4 is 17.8 Å². The summed E-state index contributed by atoms with van der Waals surface area (Å²) in [6.07, 6.45) is 3.42. The molecule has 0 radical (unpaired) electrons.